The molecule has 1 aliphatic heterocycles. The molecule has 2 aromatic rings. The number of methoxy groups -OCH3 is 1. The minimum atomic E-state index is -0.772. The van der Waals surface area contributed by atoms with Crippen LogP contribution in [0.25, 0.3) is 0 Å². The number of imide groups is 1. The zero-order chi connectivity index (χ0) is 22.0. The van der Waals surface area contributed by atoms with Crippen LogP contribution in [0.4, 0.5) is 5.69 Å². The summed E-state index contributed by atoms with van der Waals surface area (Å²) in [5, 5.41) is 0. The minimum Gasteiger partial charge on any atom is -0.497 e. The average molecular weight is 419 g/mol. The molecular weight excluding hydrogens is 398 g/mol. The first-order chi connectivity index (χ1) is 15.0. The van der Waals surface area contributed by atoms with Gasteiger partial charge in [0.05, 0.1) is 30.2 Å². The molecule has 0 radical (unpaired) electrons. The molecule has 1 heterocycles. The molecule has 4 rings (SSSR count). The Morgan fingerprint density at radius 2 is 1.55 bits per heavy atom. The molecule has 7 nitrogen and oxygen atoms in total. The first kappa shape index (κ1) is 20.5. The molecule has 2 amide bonds. The number of esters is 1. The number of ether oxygens (including phenoxy) is 2. The van der Waals surface area contributed by atoms with Gasteiger partial charge in [0.15, 0.2) is 12.4 Å². The average Bonchev–Trinajstić information content (AvgIpc) is 3.07. The van der Waals surface area contributed by atoms with Gasteiger partial charge < -0.3 is 9.47 Å². The fourth-order valence-corrected chi connectivity index (χ4v) is 3.95. The van der Waals surface area contributed by atoms with Crippen molar-refractivity contribution in [2.75, 3.05) is 18.6 Å². The largest absolute Gasteiger partial charge is 0.497 e. The second kappa shape index (κ2) is 8.55. The fourth-order valence-electron chi connectivity index (χ4n) is 3.95. The first-order valence-corrected chi connectivity index (χ1v) is 9.97. The van der Waals surface area contributed by atoms with Gasteiger partial charge in [0, 0.05) is 5.56 Å². The quantitative estimate of drug-likeness (QED) is 0.309. The summed E-state index contributed by atoms with van der Waals surface area (Å²) in [4.78, 5) is 51.9. The number of nitrogens with zero attached hydrogens (tertiary/aromatic N) is 1. The fraction of sp³-hybridized carbons (Fsp3) is 0.250. The number of anilines is 1. The third kappa shape index (κ3) is 3.86. The molecule has 0 saturated carbocycles. The smallest absolute Gasteiger partial charge is 0.340 e. The lowest BCUT2D eigenvalue weighted by molar-refractivity contribution is -0.122. The van der Waals surface area contributed by atoms with Crippen molar-refractivity contribution in [1.82, 2.24) is 0 Å². The number of carbonyl (C=O) groups is 4. The highest BCUT2D eigenvalue weighted by atomic mass is 16.5. The summed E-state index contributed by atoms with van der Waals surface area (Å²) in [5.41, 5.74) is 0.635. The molecular formula is C24H21NO6. The third-order valence-corrected chi connectivity index (χ3v) is 5.62. The summed E-state index contributed by atoms with van der Waals surface area (Å²) in [6, 6.07) is 12.7. The number of ketones is 1. The topological polar surface area (TPSA) is 90.0 Å². The van der Waals surface area contributed by atoms with E-state index in [1.165, 1.54) is 13.2 Å². The Morgan fingerprint density at radius 3 is 2.16 bits per heavy atom. The Labute approximate surface area is 179 Å². The predicted octanol–water partition coefficient (Wildman–Crippen LogP) is 3.19. The highest BCUT2D eigenvalue weighted by Gasteiger charge is 2.48. The van der Waals surface area contributed by atoms with E-state index in [0.717, 1.165) is 4.90 Å². The van der Waals surface area contributed by atoms with Gasteiger partial charge in [-0.2, -0.15) is 0 Å². The van der Waals surface area contributed by atoms with Crippen molar-refractivity contribution in [3.63, 3.8) is 0 Å². The predicted molar refractivity (Wildman–Crippen MR) is 112 cm³/mol. The van der Waals surface area contributed by atoms with E-state index in [9.17, 15) is 19.2 Å². The molecule has 1 fully saturated rings. The van der Waals surface area contributed by atoms with Gasteiger partial charge in [0.25, 0.3) is 0 Å². The van der Waals surface area contributed by atoms with Gasteiger partial charge in [-0.3, -0.25) is 14.4 Å². The lowest BCUT2D eigenvalue weighted by Crippen LogP contribution is -2.32. The number of para-hydroxylation sites is 1. The summed E-state index contributed by atoms with van der Waals surface area (Å²) < 4.78 is 10.3. The number of hydrogen-bond acceptors (Lipinski definition) is 6. The van der Waals surface area contributed by atoms with Gasteiger partial charge in [-0.25, -0.2) is 9.69 Å². The summed E-state index contributed by atoms with van der Waals surface area (Å²) in [7, 11) is 1.53. The van der Waals surface area contributed by atoms with Crippen LogP contribution in [0.2, 0.25) is 0 Å². The molecule has 1 saturated heterocycles. The summed E-state index contributed by atoms with van der Waals surface area (Å²) in [5.74, 6) is -1.97. The van der Waals surface area contributed by atoms with Crippen LogP contribution in [-0.4, -0.2) is 37.3 Å². The molecule has 0 bridgehead atoms. The van der Waals surface area contributed by atoms with Crippen LogP contribution in [-0.2, 0) is 14.3 Å². The summed E-state index contributed by atoms with van der Waals surface area (Å²) in [6.45, 7) is -0.462. The Kier molecular flexibility index (Phi) is 5.66. The van der Waals surface area contributed by atoms with E-state index in [2.05, 4.69) is 0 Å². The minimum absolute atomic E-state index is 0.0679. The van der Waals surface area contributed by atoms with E-state index in [0.29, 0.717) is 24.2 Å². The van der Waals surface area contributed by atoms with Gasteiger partial charge in [0.1, 0.15) is 5.75 Å². The van der Waals surface area contributed by atoms with Crippen molar-refractivity contribution in [2.24, 2.45) is 11.8 Å². The highest BCUT2D eigenvalue weighted by Crippen LogP contribution is 2.38. The Bertz CT molecular complexity index is 1050. The van der Waals surface area contributed by atoms with Crippen LogP contribution >= 0.6 is 0 Å². The number of Topliss-reactive ketones (excluding diaryl/α,β-unsaturated/α-hetero) is 1. The van der Waals surface area contributed by atoms with E-state index < -0.39 is 24.4 Å². The van der Waals surface area contributed by atoms with Crippen molar-refractivity contribution in [3.8, 4) is 5.75 Å². The molecule has 0 spiro atoms. The molecule has 2 aromatic carbocycles. The molecule has 1 aliphatic carbocycles. The van der Waals surface area contributed by atoms with E-state index >= 15 is 0 Å². The van der Waals surface area contributed by atoms with Crippen molar-refractivity contribution < 1.29 is 28.7 Å². The van der Waals surface area contributed by atoms with E-state index in [4.69, 9.17) is 9.47 Å². The Hall–Kier alpha value is -3.74. The van der Waals surface area contributed by atoms with Crippen LogP contribution in [0, 0.1) is 11.8 Å². The van der Waals surface area contributed by atoms with Gasteiger partial charge in [-0.1, -0.05) is 24.3 Å². The van der Waals surface area contributed by atoms with Crippen LogP contribution in [0.1, 0.15) is 33.6 Å². The highest BCUT2D eigenvalue weighted by molar-refractivity contribution is 6.24. The van der Waals surface area contributed by atoms with Crippen molar-refractivity contribution in [1.29, 1.82) is 0 Å². The van der Waals surface area contributed by atoms with E-state index in [1.54, 1.807) is 42.5 Å². The second-order valence-corrected chi connectivity index (χ2v) is 7.41. The van der Waals surface area contributed by atoms with Gasteiger partial charge in [-0.05, 0) is 49.2 Å². The van der Waals surface area contributed by atoms with Gasteiger partial charge in [0.2, 0.25) is 11.8 Å². The third-order valence-electron chi connectivity index (χ3n) is 5.62. The normalized spacial score (nSPS) is 19.8. The lowest BCUT2D eigenvalue weighted by Gasteiger charge is -2.18. The van der Waals surface area contributed by atoms with Crippen molar-refractivity contribution >= 4 is 29.3 Å². The zero-order valence-corrected chi connectivity index (χ0v) is 16.9. The number of fused-ring (bicyclic) bond motifs is 1. The van der Waals surface area contributed by atoms with Crippen LogP contribution in [0.5, 0.6) is 5.75 Å². The SMILES string of the molecule is COc1ccc(C(=O)COC(=O)c2ccccc2N2C(=O)C3CC=CCC3C2=O)cc1. The Balaban J connectivity index is 1.50. The number of amides is 2. The maximum Gasteiger partial charge on any atom is 0.340 e. The van der Waals surface area contributed by atoms with Crippen molar-refractivity contribution in [3.05, 3.63) is 71.8 Å². The maximum absolute atomic E-state index is 12.9. The molecule has 2 unspecified atom stereocenters. The molecule has 0 N–H and O–H groups in total. The molecule has 7 heteroatoms. The molecule has 158 valence electrons. The summed E-state index contributed by atoms with van der Waals surface area (Å²) >= 11 is 0. The van der Waals surface area contributed by atoms with Gasteiger partial charge >= 0.3 is 5.97 Å². The number of carbonyl (C=O) groups excluding carboxylic acids is 4. The number of rotatable bonds is 6. The number of hydrogen-bond donors (Lipinski definition) is 0. The number of benzene rings is 2. The molecule has 2 atom stereocenters. The van der Waals surface area contributed by atoms with Crippen LogP contribution in [0.15, 0.2) is 60.7 Å². The molecule has 2 aliphatic rings. The van der Waals surface area contributed by atoms with Crippen LogP contribution in [0.3, 0.4) is 0 Å². The second-order valence-electron chi connectivity index (χ2n) is 7.41. The first-order valence-electron chi connectivity index (χ1n) is 9.97. The van der Waals surface area contributed by atoms with Crippen LogP contribution < -0.4 is 9.64 Å². The zero-order valence-electron chi connectivity index (χ0n) is 16.9. The van der Waals surface area contributed by atoms with E-state index in [1.807, 2.05) is 12.2 Å². The van der Waals surface area contributed by atoms with Crippen molar-refractivity contribution in [2.45, 2.75) is 12.8 Å². The molecule has 31 heavy (non-hydrogen) atoms. The van der Waals surface area contributed by atoms with Gasteiger partial charge in [-0.15, -0.1) is 0 Å². The molecule has 0 aromatic heterocycles. The standard InChI is InChI=1S/C24H21NO6/c1-30-16-12-10-15(11-13-16)21(26)14-31-24(29)19-8-4-5-9-20(19)25-22(27)17-6-2-3-7-18(17)23(25)28/h2-5,8-13,17-18H,6-7,14H2,1H3. The number of allylic oxidation sites excluding steroid dienone is 2. The lowest BCUT2D eigenvalue weighted by atomic mass is 9.85. The van der Waals surface area contributed by atoms with E-state index in [-0.39, 0.29) is 28.8 Å². The monoisotopic (exact) mass is 419 g/mol. The summed E-state index contributed by atoms with van der Waals surface area (Å²) in [6.07, 6.45) is 4.82. The Morgan fingerprint density at radius 1 is 0.935 bits per heavy atom. The maximum atomic E-state index is 12.9.